The summed E-state index contributed by atoms with van der Waals surface area (Å²) in [7, 11) is 1.68. The highest BCUT2D eigenvalue weighted by Crippen LogP contribution is 2.41. The number of hydrogen-bond acceptors (Lipinski definition) is 4. The molecule has 32 heavy (non-hydrogen) atoms. The quantitative estimate of drug-likeness (QED) is 0.530. The lowest BCUT2D eigenvalue weighted by atomic mass is 9.97. The lowest BCUT2D eigenvalue weighted by molar-refractivity contribution is 0.0697. The Morgan fingerprint density at radius 1 is 1.22 bits per heavy atom. The minimum absolute atomic E-state index is 0.0502. The van der Waals surface area contributed by atoms with Crippen molar-refractivity contribution in [2.75, 3.05) is 20.3 Å². The number of pyridine rings is 1. The van der Waals surface area contributed by atoms with Gasteiger partial charge < -0.3 is 24.6 Å². The Morgan fingerprint density at radius 3 is 2.59 bits per heavy atom. The molecule has 1 saturated heterocycles. The summed E-state index contributed by atoms with van der Waals surface area (Å²) in [4.78, 5) is 18.0. The number of thiocarbonyl (C=S) groups is 1. The van der Waals surface area contributed by atoms with Crippen LogP contribution in [0, 0.1) is 13.8 Å². The third-order valence-electron chi connectivity index (χ3n) is 5.90. The van der Waals surface area contributed by atoms with Gasteiger partial charge in [-0.3, -0.25) is 4.98 Å². The molecule has 0 spiro atoms. The lowest BCUT2D eigenvalue weighted by Crippen LogP contribution is -2.32. The number of nitrogens with zero attached hydrogens (tertiary/aromatic N) is 3. The molecule has 7 nitrogen and oxygen atoms in total. The second-order valence-electron chi connectivity index (χ2n) is 7.83. The first-order valence-corrected chi connectivity index (χ1v) is 10.8. The van der Waals surface area contributed by atoms with E-state index in [4.69, 9.17) is 17.0 Å². The van der Waals surface area contributed by atoms with Crippen molar-refractivity contribution in [2.24, 2.45) is 0 Å². The SMILES string of the molecule is COCCN1C(=S)N[C@H](c2ccccn2)[C@H]1c1cc(C)n(-c2ccc(C(=O)O)cc2)c1C. The number of hydrogen-bond donors (Lipinski definition) is 2. The van der Waals surface area contributed by atoms with Crippen LogP contribution < -0.4 is 5.32 Å². The Hall–Kier alpha value is -3.23. The van der Waals surface area contributed by atoms with E-state index in [1.54, 1.807) is 25.4 Å². The Morgan fingerprint density at radius 2 is 1.97 bits per heavy atom. The van der Waals surface area contributed by atoms with E-state index in [1.165, 1.54) is 0 Å². The number of carboxylic acid groups (broad SMARTS) is 1. The molecule has 3 aromatic rings. The van der Waals surface area contributed by atoms with Gasteiger partial charge >= 0.3 is 5.97 Å². The minimum Gasteiger partial charge on any atom is -0.478 e. The molecule has 4 rings (SSSR count). The maximum absolute atomic E-state index is 11.2. The summed E-state index contributed by atoms with van der Waals surface area (Å²) in [6.45, 7) is 5.35. The van der Waals surface area contributed by atoms with Gasteiger partial charge in [-0.25, -0.2) is 4.79 Å². The lowest BCUT2D eigenvalue weighted by Gasteiger charge is -2.28. The van der Waals surface area contributed by atoms with E-state index >= 15 is 0 Å². The number of rotatable bonds is 7. The molecule has 166 valence electrons. The summed E-state index contributed by atoms with van der Waals surface area (Å²) in [5.41, 5.74) is 5.39. The van der Waals surface area contributed by atoms with Gasteiger partial charge in [0.1, 0.15) is 0 Å². The van der Waals surface area contributed by atoms with Crippen LogP contribution in [-0.4, -0.2) is 50.9 Å². The fourth-order valence-corrected chi connectivity index (χ4v) is 4.74. The molecule has 1 fully saturated rings. The Kier molecular flexibility index (Phi) is 6.25. The standard InChI is InChI=1S/C24H26N4O3S/c1-15-14-19(16(2)28(15)18-9-7-17(8-10-18)23(29)30)22-21(20-6-4-5-11-25-20)26-24(32)27(22)12-13-31-3/h4-11,14,21-22H,12-13H2,1-3H3,(H,26,32)(H,29,30)/t21-,22-/m1/s1. The number of aromatic carboxylic acids is 1. The number of benzene rings is 1. The van der Waals surface area contributed by atoms with Gasteiger partial charge in [0.15, 0.2) is 5.11 Å². The van der Waals surface area contributed by atoms with Crippen LogP contribution in [-0.2, 0) is 4.74 Å². The van der Waals surface area contributed by atoms with Crippen molar-refractivity contribution in [2.45, 2.75) is 25.9 Å². The molecule has 0 aliphatic carbocycles. The highest BCUT2D eigenvalue weighted by Gasteiger charge is 2.41. The largest absolute Gasteiger partial charge is 0.478 e. The van der Waals surface area contributed by atoms with Crippen molar-refractivity contribution >= 4 is 23.3 Å². The van der Waals surface area contributed by atoms with Crippen molar-refractivity contribution in [3.05, 3.63) is 82.9 Å². The molecule has 1 aliphatic heterocycles. The van der Waals surface area contributed by atoms with Gasteiger partial charge in [-0.05, 0) is 74.1 Å². The van der Waals surface area contributed by atoms with Crippen LogP contribution in [0.4, 0.5) is 0 Å². The molecule has 0 unspecified atom stereocenters. The molecular formula is C24H26N4O3S. The third kappa shape index (κ3) is 3.99. The Labute approximate surface area is 192 Å². The van der Waals surface area contributed by atoms with Crippen molar-refractivity contribution in [3.8, 4) is 5.69 Å². The molecule has 0 amide bonds. The molecular weight excluding hydrogens is 424 g/mol. The molecule has 2 atom stereocenters. The predicted molar refractivity (Wildman–Crippen MR) is 126 cm³/mol. The van der Waals surface area contributed by atoms with Crippen LogP contribution in [0.25, 0.3) is 5.69 Å². The molecule has 3 heterocycles. The van der Waals surface area contributed by atoms with Gasteiger partial charge in [0.2, 0.25) is 0 Å². The van der Waals surface area contributed by atoms with Crippen molar-refractivity contribution in [3.63, 3.8) is 0 Å². The smallest absolute Gasteiger partial charge is 0.335 e. The monoisotopic (exact) mass is 450 g/mol. The summed E-state index contributed by atoms with van der Waals surface area (Å²) in [6, 6.07) is 14.9. The third-order valence-corrected chi connectivity index (χ3v) is 6.25. The highest BCUT2D eigenvalue weighted by atomic mass is 32.1. The maximum Gasteiger partial charge on any atom is 0.335 e. The van der Waals surface area contributed by atoms with Crippen LogP contribution in [0.3, 0.4) is 0 Å². The van der Waals surface area contributed by atoms with Crippen LogP contribution in [0.5, 0.6) is 0 Å². The van der Waals surface area contributed by atoms with E-state index in [1.807, 2.05) is 30.3 Å². The van der Waals surface area contributed by atoms with Gasteiger partial charge in [-0.2, -0.15) is 0 Å². The number of ether oxygens (including phenoxy) is 1. The summed E-state index contributed by atoms with van der Waals surface area (Å²) < 4.78 is 7.48. The van der Waals surface area contributed by atoms with Gasteiger partial charge in [0.05, 0.1) is 29.9 Å². The topological polar surface area (TPSA) is 79.6 Å². The average Bonchev–Trinajstić information content (AvgIpc) is 3.27. The van der Waals surface area contributed by atoms with E-state index in [9.17, 15) is 9.90 Å². The summed E-state index contributed by atoms with van der Waals surface area (Å²) in [6.07, 6.45) is 1.79. The van der Waals surface area contributed by atoms with Crippen LogP contribution in [0.2, 0.25) is 0 Å². The fraction of sp³-hybridized carbons (Fsp3) is 0.292. The van der Waals surface area contributed by atoms with Gasteiger partial charge in [-0.15, -0.1) is 0 Å². The number of methoxy groups -OCH3 is 1. The first kappa shape index (κ1) is 22.0. The highest BCUT2D eigenvalue weighted by molar-refractivity contribution is 7.80. The molecule has 2 N–H and O–H groups in total. The first-order chi connectivity index (χ1) is 15.4. The maximum atomic E-state index is 11.2. The Balaban J connectivity index is 1.79. The number of aryl methyl sites for hydroxylation is 1. The summed E-state index contributed by atoms with van der Waals surface area (Å²) in [5.74, 6) is -0.935. The number of carbonyl (C=O) groups is 1. The predicted octanol–water partition coefficient (Wildman–Crippen LogP) is 3.81. The van der Waals surface area contributed by atoms with E-state index in [2.05, 4.69) is 39.7 Å². The second-order valence-corrected chi connectivity index (χ2v) is 8.21. The van der Waals surface area contributed by atoms with E-state index in [-0.39, 0.29) is 17.6 Å². The van der Waals surface area contributed by atoms with Crippen LogP contribution >= 0.6 is 12.2 Å². The molecule has 1 aromatic carbocycles. The second kappa shape index (κ2) is 9.10. The first-order valence-electron chi connectivity index (χ1n) is 10.4. The van der Waals surface area contributed by atoms with Gasteiger partial charge in [-0.1, -0.05) is 6.07 Å². The zero-order chi connectivity index (χ0) is 22.8. The van der Waals surface area contributed by atoms with E-state index < -0.39 is 5.97 Å². The molecule has 0 radical (unpaired) electrons. The fourth-order valence-electron chi connectivity index (χ4n) is 4.41. The molecule has 0 saturated carbocycles. The minimum atomic E-state index is -0.935. The van der Waals surface area contributed by atoms with Crippen molar-refractivity contribution in [1.82, 2.24) is 19.8 Å². The molecule has 2 aromatic heterocycles. The zero-order valence-corrected chi connectivity index (χ0v) is 19.1. The van der Waals surface area contributed by atoms with E-state index in [0.717, 1.165) is 28.3 Å². The number of nitrogens with one attached hydrogen (secondary N) is 1. The summed E-state index contributed by atoms with van der Waals surface area (Å²) in [5, 5.41) is 13.4. The van der Waals surface area contributed by atoms with Crippen LogP contribution in [0.15, 0.2) is 54.7 Å². The van der Waals surface area contributed by atoms with Gasteiger partial charge in [0.25, 0.3) is 0 Å². The summed E-state index contributed by atoms with van der Waals surface area (Å²) >= 11 is 5.69. The zero-order valence-electron chi connectivity index (χ0n) is 18.3. The van der Waals surface area contributed by atoms with Crippen molar-refractivity contribution < 1.29 is 14.6 Å². The number of carboxylic acids is 1. The molecule has 0 bridgehead atoms. The van der Waals surface area contributed by atoms with Crippen molar-refractivity contribution in [1.29, 1.82) is 0 Å². The number of aromatic nitrogens is 2. The Bertz CT molecular complexity index is 1130. The van der Waals surface area contributed by atoms with E-state index in [0.29, 0.717) is 18.3 Å². The van der Waals surface area contributed by atoms with Gasteiger partial charge in [0, 0.05) is 36.9 Å². The molecule has 1 aliphatic rings. The average molecular weight is 451 g/mol. The van der Waals surface area contributed by atoms with Crippen LogP contribution in [0.1, 0.15) is 45.1 Å². The molecule has 8 heteroatoms. The normalized spacial score (nSPS) is 18.1.